The second-order valence-electron chi connectivity index (χ2n) is 11.7. The van der Waals surface area contributed by atoms with E-state index in [0.29, 0.717) is 16.9 Å². The standard InChI is InChI=1S/C27H40FN3O3Si/c1-25(2,3)35(6,7)34-15-14-27(28)19(10-8-11-20(27)24(32)29-4)18-16-30-23-21(22(18)33-5)26(17-31-23)12-9-13-26/h8,10-11,16,20H,9,12-15,17H2,1-7H3,(H,29,32)(H,30,31). The average Bonchev–Trinajstić information content (AvgIpc) is 3.17. The molecule has 2 heterocycles. The van der Waals surface area contributed by atoms with E-state index in [4.69, 9.17) is 9.16 Å². The summed E-state index contributed by atoms with van der Waals surface area (Å²) < 4.78 is 29.6. The van der Waals surface area contributed by atoms with Crippen LogP contribution in [0.5, 0.6) is 5.75 Å². The number of hydrogen-bond donors (Lipinski definition) is 2. The minimum absolute atomic E-state index is 0.000631. The number of alkyl halides is 1. The molecule has 1 aromatic rings. The predicted molar refractivity (Wildman–Crippen MR) is 141 cm³/mol. The molecule has 1 aromatic heterocycles. The van der Waals surface area contributed by atoms with Gasteiger partial charge >= 0.3 is 0 Å². The van der Waals surface area contributed by atoms with Crippen molar-refractivity contribution in [3.8, 4) is 5.75 Å². The van der Waals surface area contributed by atoms with Gasteiger partial charge in [-0.25, -0.2) is 9.37 Å². The van der Waals surface area contributed by atoms with Crippen LogP contribution in [-0.2, 0) is 14.6 Å². The zero-order chi connectivity index (χ0) is 25.6. The van der Waals surface area contributed by atoms with E-state index < -0.39 is 19.9 Å². The number of nitrogens with one attached hydrogen (secondary N) is 2. The Hall–Kier alpha value is -2.19. The number of rotatable bonds is 7. The topological polar surface area (TPSA) is 72.5 Å². The Morgan fingerprint density at radius 3 is 2.63 bits per heavy atom. The van der Waals surface area contributed by atoms with Gasteiger partial charge in [-0.05, 0) is 31.0 Å². The van der Waals surface area contributed by atoms with Crippen molar-refractivity contribution in [2.24, 2.45) is 5.92 Å². The largest absolute Gasteiger partial charge is 0.496 e. The molecule has 2 atom stereocenters. The fourth-order valence-corrected chi connectivity index (χ4v) is 6.39. The number of methoxy groups -OCH3 is 1. The van der Waals surface area contributed by atoms with Gasteiger partial charge in [0.2, 0.25) is 5.91 Å². The van der Waals surface area contributed by atoms with E-state index in [1.165, 1.54) is 0 Å². The second kappa shape index (κ2) is 9.03. The van der Waals surface area contributed by atoms with Crippen molar-refractivity contribution in [3.63, 3.8) is 0 Å². The number of pyridine rings is 1. The fourth-order valence-electron chi connectivity index (χ4n) is 5.34. The third-order valence-corrected chi connectivity index (χ3v) is 13.3. The Balaban J connectivity index is 1.74. The third kappa shape index (κ3) is 4.22. The molecule has 2 aliphatic carbocycles. The molecule has 0 bridgehead atoms. The van der Waals surface area contributed by atoms with Crippen LogP contribution in [0.3, 0.4) is 0 Å². The van der Waals surface area contributed by atoms with Crippen molar-refractivity contribution in [2.45, 2.75) is 75.7 Å². The number of anilines is 1. The van der Waals surface area contributed by atoms with Crippen LogP contribution < -0.4 is 15.4 Å². The lowest BCUT2D eigenvalue weighted by Crippen LogP contribution is -2.46. The summed E-state index contributed by atoms with van der Waals surface area (Å²) in [5.41, 5.74) is 0.143. The summed E-state index contributed by atoms with van der Waals surface area (Å²) in [6.45, 7) is 11.9. The Kier molecular flexibility index (Phi) is 6.68. The van der Waals surface area contributed by atoms with Crippen molar-refractivity contribution in [2.75, 3.05) is 32.6 Å². The molecule has 8 heteroatoms. The van der Waals surface area contributed by atoms with Crippen molar-refractivity contribution in [3.05, 3.63) is 35.6 Å². The first kappa shape index (κ1) is 25.9. The number of fused-ring (bicyclic) bond motifs is 2. The highest BCUT2D eigenvalue weighted by Gasteiger charge is 2.51. The van der Waals surface area contributed by atoms with Crippen LogP contribution in [0.1, 0.15) is 57.6 Å². The molecule has 1 spiro atoms. The summed E-state index contributed by atoms with van der Waals surface area (Å²) >= 11 is 0. The summed E-state index contributed by atoms with van der Waals surface area (Å²) in [5, 5.41) is 6.08. The van der Waals surface area contributed by atoms with Gasteiger partial charge in [-0.3, -0.25) is 4.79 Å². The van der Waals surface area contributed by atoms with E-state index in [9.17, 15) is 4.79 Å². The summed E-state index contributed by atoms with van der Waals surface area (Å²) in [5.74, 6) is 0.172. The van der Waals surface area contributed by atoms with Crippen LogP contribution >= 0.6 is 0 Å². The van der Waals surface area contributed by atoms with Crippen molar-refractivity contribution >= 4 is 25.6 Å². The molecule has 1 fully saturated rings. The lowest BCUT2D eigenvalue weighted by molar-refractivity contribution is -0.126. The fraction of sp³-hybridized carbons (Fsp3) is 0.630. The minimum atomic E-state index is -2.08. The van der Waals surface area contributed by atoms with Gasteiger partial charge in [0.1, 0.15) is 11.6 Å². The van der Waals surface area contributed by atoms with Gasteiger partial charge in [0.05, 0.1) is 13.0 Å². The number of amides is 1. The Morgan fingerprint density at radius 1 is 1.34 bits per heavy atom. The van der Waals surface area contributed by atoms with Crippen molar-refractivity contribution in [1.29, 1.82) is 0 Å². The van der Waals surface area contributed by atoms with E-state index in [0.717, 1.165) is 37.2 Å². The van der Waals surface area contributed by atoms with E-state index in [1.54, 1.807) is 38.6 Å². The van der Waals surface area contributed by atoms with Gasteiger partial charge in [0, 0.05) is 54.9 Å². The van der Waals surface area contributed by atoms with E-state index in [-0.39, 0.29) is 29.4 Å². The molecular formula is C27H40FN3O3Si. The zero-order valence-corrected chi connectivity index (χ0v) is 23.2. The Morgan fingerprint density at radius 2 is 2.06 bits per heavy atom. The zero-order valence-electron chi connectivity index (χ0n) is 22.2. The maximum absolute atomic E-state index is 17.3. The number of ether oxygens (including phenoxy) is 1. The maximum Gasteiger partial charge on any atom is 0.230 e. The Labute approximate surface area is 209 Å². The number of allylic oxidation sites excluding steroid dienone is 3. The van der Waals surface area contributed by atoms with E-state index >= 15 is 4.39 Å². The molecule has 1 amide bonds. The summed E-state index contributed by atoms with van der Waals surface area (Å²) in [4.78, 5) is 17.5. The van der Waals surface area contributed by atoms with Crippen molar-refractivity contribution < 1.29 is 18.3 Å². The first-order valence-electron chi connectivity index (χ1n) is 12.7. The number of aromatic nitrogens is 1. The third-order valence-electron chi connectivity index (χ3n) is 8.73. The molecular weight excluding hydrogens is 461 g/mol. The smallest absolute Gasteiger partial charge is 0.230 e. The van der Waals surface area contributed by atoms with Crippen molar-refractivity contribution in [1.82, 2.24) is 10.3 Å². The quantitative estimate of drug-likeness (QED) is 0.491. The number of halogens is 1. The van der Waals surface area contributed by atoms with Gasteiger partial charge in [0.15, 0.2) is 14.0 Å². The van der Waals surface area contributed by atoms with Gasteiger partial charge in [-0.1, -0.05) is 45.4 Å². The number of hydrogen-bond acceptors (Lipinski definition) is 5. The summed E-state index contributed by atoms with van der Waals surface area (Å²) in [7, 11) is 1.11. The molecule has 6 nitrogen and oxygen atoms in total. The maximum atomic E-state index is 17.3. The van der Waals surface area contributed by atoms with Crippen LogP contribution in [0.4, 0.5) is 10.2 Å². The highest BCUT2D eigenvalue weighted by atomic mass is 28.4. The molecule has 0 saturated heterocycles. The lowest BCUT2D eigenvalue weighted by atomic mass is 9.65. The molecule has 1 saturated carbocycles. The SMILES string of the molecule is CNC(=O)C1C=CC=C(c2cnc3c(c2OC)C2(CCC2)CN3)C1(F)CCO[Si](C)(C)C(C)(C)C. The minimum Gasteiger partial charge on any atom is -0.496 e. The monoisotopic (exact) mass is 501 g/mol. The summed E-state index contributed by atoms with van der Waals surface area (Å²) in [6.07, 6.45) is 10.2. The molecule has 0 radical (unpaired) electrons. The normalized spacial score (nSPS) is 24.9. The number of nitrogens with zero attached hydrogens (tertiary/aromatic N) is 1. The number of carbonyl (C=O) groups is 1. The van der Waals surface area contributed by atoms with Crippen LogP contribution in [0, 0.1) is 5.92 Å². The van der Waals surface area contributed by atoms with Crippen LogP contribution in [0.15, 0.2) is 24.4 Å². The van der Waals surface area contributed by atoms with Crippen LogP contribution in [0.2, 0.25) is 18.1 Å². The van der Waals surface area contributed by atoms with Gasteiger partial charge in [-0.2, -0.15) is 0 Å². The Bertz CT molecular complexity index is 1060. The second-order valence-corrected chi connectivity index (χ2v) is 16.5. The molecule has 35 heavy (non-hydrogen) atoms. The highest BCUT2D eigenvalue weighted by Crippen LogP contribution is 2.56. The predicted octanol–water partition coefficient (Wildman–Crippen LogP) is 5.37. The van der Waals surface area contributed by atoms with Gasteiger partial charge in [-0.15, -0.1) is 0 Å². The molecule has 2 unspecified atom stereocenters. The van der Waals surface area contributed by atoms with E-state index in [1.807, 2.05) is 0 Å². The number of carbonyl (C=O) groups excluding carboxylic acids is 1. The molecule has 192 valence electrons. The van der Waals surface area contributed by atoms with Gasteiger partial charge < -0.3 is 19.8 Å². The first-order valence-corrected chi connectivity index (χ1v) is 15.6. The molecule has 1 aliphatic heterocycles. The van der Waals surface area contributed by atoms with Gasteiger partial charge in [0.25, 0.3) is 0 Å². The summed E-state index contributed by atoms with van der Waals surface area (Å²) in [6, 6.07) is 0. The molecule has 2 N–H and O–H groups in total. The first-order chi connectivity index (χ1) is 16.4. The molecule has 0 aromatic carbocycles. The molecule has 4 rings (SSSR count). The van der Waals surface area contributed by atoms with E-state index in [2.05, 4.69) is 49.5 Å². The highest BCUT2D eigenvalue weighted by molar-refractivity contribution is 6.74. The van der Waals surface area contributed by atoms with Crippen LogP contribution in [-0.4, -0.2) is 52.2 Å². The molecule has 3 aliphatic rings. The average molecular weight is 502 g/mol. The van der Waals surface area contributed by atoms with Crippen LogP contribution in [0.25, 0.3) is 5.57 Å². The lowest BCUT2D eigenvalue weighted by Gasteiger charge is -2.41.